The van der Waals surface area contributed by atoms with Crippen LogP contribution in [0.5, 0.6) is 11.6 Å². The van der Waals surface area contributed by atoms with Gasteiger partial charge >= 0.3 is 7.60 Å². The van der Waals surface area contributed by atoms with E-state index >= 15 is 0 Å². The van der Waals surface area contributed by atoms with E-state index in [0.717, 1.165) is 17.5 Å². The number of methoxy groups -OCH3 is 2. The second-order valence-corrected chi connectivity index (χ2v) is 10.6. The molecule has 0 saturated carbocycles. The van der Waals surface area contributed by atoms with Crippen LogP contribution in [-0.4, -0.2) is 63.8 Å². The van der Waals surface area contributed by atoms with Gasteiger partial charge in [0.2, 0.25) is 5.88 Å². The van der Waals surface area contributed by atoms with Crippen molar-refractivity contribution in [2.75, 3.05) is 38.4 Å². The van der Waals surface area contributed by atoms with Crippen molar-refractivity contribution in [1.29, 1.82) is 0 Å². The standard InChI is InChI=1S/C24H29N4O7P/c1-34-19-5-3-17(4-6-19)20(29)15-28-24(30)22-18(14-25-28)13-21(35-2)26-23(22)27-10-7-16(8-11-27)9-12-36(31,32)33/h3-6,13-14,16H,7-12,15H2,1-2H3,(H2,31,32,33). The second-order valence-electron chi connectivity index (χ2n) is 8.82. The minimum atomic E-state index is -4.03. The molecule has 0 atom stereocenters. The monoisotopic (exact) mass is 516 g/mol. The summed E-state index contributed by atoms with van der Waals surface area (Å²) in [5.74, 6) is 1.35. The molecule has 3 heterocycles. The van der Waals surface area contributed by atoms with Gasteiger partial charge in [-0.15, -0.1) is 0 Å². The van der Waals surface area contributed by atoms with E-state index < -0.39 is 13.2 Å². The molecule has 0 spiro atoms. The maximum Gasteiger partial charge on any atom is 0.325 e. The number of Topliss-reactive ketones (excluding diaryl/α,β-unsaturated/α-hetero) is 1. The number of benzene rings is 1. The van der Waals surface area contributed by atoms with Crippen molar-refractivity contribution in [2.24, 2.45) is 5.92 Å². The van der Waals surface area contributed by atoms with E-state index in [1.807, 2.05) is 4.90 Å². The largest absolute Gasteiger partial charge is 0.497 e. The number of piperidine rings is 1. The Morgan fingerprint density at radius 2 is 1.83 bits per heavy atom. The minimum absolute atomic E-state index is 0.128. The summed E-state index contributed by atoms with van der Waals surface area (Å²) in [5.41, 5.74) is 0.0122. The number of nitrogens with zero attached hydrogens (tertiary/aromatic N) is 4. The molecule has 0 radical (unpaired) electrons. The van der Waals surface area contributed by atoms with Crippen LogP contribution in [0.25, 0.3) is 10.8 Å². The molecule has 0 aliphatic carbocycles. The van der Waals surface area contributed by atoms with E-state index in [9.17, 15) is 23.9 Å². The zero-order valence-electron chi connectivity index (χ0n) is 20.2. The van der Waals surface area contributed by atoms with E-state index in [2.05, 4.69) is 10.1 Å². The topological polar surface area (TPSA) is 144 Å². The van der Waals surface area contributed by atoms with Gasteiger partial charge in [0.25, 0.3) is 5.56 Å². The summed E-state index contributed by atoms with van der Waals surface area (Å²) in [4.78, 5) is 51.2. The van der Waals surface area contributed by atoms with E-state index in [1.54, 1.807) is 37.4 Å². The van der Waals surface area contributed by atoms with Gasteiger partial charge in [0.1, 0.15) is 18.1 Å². The fourth-order valence-corrected chi connectivity index (χ4v) is 5.10. The lowest BCUT2D eigenvalue weighted by Crippen LogP contribution is -2.36. The van der Waals surface area contributed by atoms with Gasteiger partial charge in [-0.2, -0.15) is 10.1 Å². The SMILES string of the molecule is COc1ccc(C(=O)Cn2ncc3cc(OC)nc(N4CCC(CCP(=O)(O)O)CC4)c3c2=O)cc1. The third-order valence-electron chi connectivity index (χ3n) is 6.45. The van der Waals surface area contributed by atoms with Crippen molar-refractivity contribution in [3.63, 3.8) is 0 Å². The Balaban J connectivity index is 1.61. The van der Waals surface area contributed by atoms with Crippen molar-refractivity contribution in [3.05, 3.63) is 52.4 Å². The summed E-state index contributed by atoms with van der Waals surface area (Å²) in [5, 5.41) is 5.11. The molecule has 0 unspecified atom stereocenters. The third-order valence-corrected chi connectivity index (χ3v) is 7.29. The number of hydrogen-bond donors (Lipinski definition) is 2. The van der Waals surface area contributed by atoms with Crippen molar-refractivity contribution < 1.29 is 28.6 Å². The molecule has 2 N–H and O–H groups in total. The first-order valence-corrected chi connectivity index (χ1v) is 13.4. The van der Waals surface area contributed by atoms with Gasteiger partial charge in [-0.25, -0.2) is 4.68 Å². The smallest absolute Gasteiger partial charge is 0.325 e. The average molecular weight is 516 g/mol. The third kappa shape index (κ3) is 5.92. The lowest BCUT2D eigenvalue weighted by molar-refractivity contribution is 0.0966. The van der Waals surface area contributed by atoms with Crippen molar-refractivity contribution in [3.8, 4) is 11.6 Å². The van der Waals surface area contributed by atoms with Crippen LogP contribution in [0.1, 0.15) is 29.6 Å². The Morgan fingerprint density at radius 3 is 2.44 bits per heavy atom. The van der Waals surface area contributed by atoms with Gasteiger partial charge in [-0.1, -0.05) is 0 Å². The summed E-state index contributed by atoms with van der Waals surface area (Å²) in [7, 11) is -0.990. The maximum absolute atomic E-state index is 13.5. The minimum Gasteiger partial charge on any atom is -0.497 e. The molecule has 1 aromatic carbocycles. The Labute approximate surface area is 207 Å². The molecule has 192 valence electrons. The molecule has 0 bridgehead atoms. The number of ketones is 1. The van der Waals surface area contributed by atoms with Crippen LogP contribution in [0.15, 0.2) is 41.3 Å². The molecular formula is C24H29N4O7P. The average Bonchev–Trinajstić information content (AvgIpc) is 2.88. The first-order valence-electron chi connectivity index (χ1n) is 11.6. The van der Waals surface area contributed by atoms with E-state index in [1.165, 1.54) is 13.3 Å². The summed E-state index contributed by atoms with van der Waals surface area (Å²) < 4.78 is 22.8. The molecule has 12 heteroatoms. The quantitative estimate of drug-likeness (QED) is 0.321. The predicted molar refractivity (Wildman–Crippen MR) is 134 cm³/mol. The highest BCUT2D eigenvalue weighted by atomic mass is 31.2. The number of carbonyl (C=O) groups is 1. The molecule has 4 rings (SSSR count). The predicted octanol–water partition coefficient (Wildman–Crippen LogP) is 2.48. The summed E-state index contributed by atoms with van der Waals surface area (Å²) in [6.45, 7) is 0.929. The van der Waals surface area contributed by atoms with E-state index in [-0.39, 0.29) is 24.4 Å². The number of fused-ring (bicyclic) bond motifs is 1. The van der Waals surface area contributed by atoms with Gasteiger partial charge in [-0.05, 0) is 49.4 Å². The lowest BCUT2D eigenvalue weighted by atomic mass is 9.94. The van der Waals surface area contributed by atoms with Gasteiger partial charge in [0.05, 0.1) is 32.0 Å². The fourth-order valence-electron chi connectivity index (χ4n) is 4.40. The maximum atomic E-state index is 13.5. The Bertz CT molecular complexity index is 1350. The van der Waals surface area contributed by atoms with Crippen LogP contribution in [0.3, 0.4) is 0 Å². The Kier molecular flexibility index (Phi) is 7.73. The molecule has 11 nitrogen and oxygen atoms in total. The number of carbonyl (C=O) groups excluding carboxylic acids is 1. The fraction of sp³-hybridized carbons (Fsp3) is 0.417. The van der Waals surface area contributed by atoms with E-state index in [4.69, 9.17) is 9.47 Å². The Hall–Kier alpha value is -3.27. The van der Waals surface area contributed by atoms with Crippen LogP contribution in [0, 0.1) is 5.92 Å². The van der Waals surface area contributed by atoms with Crippen molar-refractivity contribution in [1.82, 2.24) is 14.8 Å². The zero-order chi connectivity index (χ0) is 25.9. The van der Waals surface area contributed by atoms with Crippen LogP contribution >= 0.6 is 7.60 Å². The van der Waals surface area contributed by atoms with Gasteiger partial charge < -0.3 is 24.2 Å². The van der Waals surface area contributed by atoms with Crippen LogP contribution in [0.4, 0.5) is 5.82 Å². The molecule has 1 aliphatic rings. The first-order chi connectivity index (χ1) is 17.2. The normalized spacial score (nSPS) is 14.7. The van der Waals surface area contributed by atoms with Gasteiger partial charge in [0.15, 0.2) is 5.78 Å². The van der Waals surface area contributed by atoms with Crippen LogP contribution in [0.2, 0.25) is 0 Å². The van der Waals surface area contributed by atoms with Gasteiger partial charge in [-0.3, -0.25) is 14.2 Å². The van der Waals surface area contributed by atoms with Crippen molar-refractivity contribution >= 4 is 30.0 Å². The summed E-state index contributed by atoms with van der Waals surface area (Å²) in [6, 6.07) is 8.28. The summed E-state index contributed by atoms with van der Waals surface area (Å²) >= 11 is 0. The summed E-state index contributed by atoms with van der Waals surface area (Å²) in [6.07, 6.45) is 3.29. The first kappa shape index (κ1) is 25.8. The highest BCUT2D eigenvalue weighted by Crippen LogP contribution is 2.38. The Morgan fingerprint density at radius 1 is 1.14 bits per heavy atom. The van der Waals surface area contributed by atoms with Crippen LogP contribution in [-0.2, 0) is 11.1 Å². The number of ether oxygens (including phenoxy) is 2. The molecule has 2 aromatic heterocycles. The molecule has 1 fully saturated rings. The van der Waals surface area contributed by atoms with Crippen molar-refractivity contribution in [2.45, 2.75) is 25.8 Å². The zero-order valence-corrected chi connectivity index (χ0v) is 21.1. The number of rotatable bonds is 9. The highest BCUT2D eigenvalue weighted by molar-refractivity contribution is 7.51. The molecule has 1 aliphatic heterocycles. The number of anilines is 1. The lowest BCUT2D eigenvalue weighted by Gasteiger charge is -2.33. The number of pyridine rings is 1. The molecule has 3 aromatic rings. The van der Waals surface area contributed by atoms with Crippen LogP contribution < -0.4 is 19.9 Å². The number of hydrogen-bond acceptors (Lipinski definition) is 8. The molecular weight excluding hydrogens is 487 g/mol. The van der Waals surface area contributed by atoms with E-state index in [0.29, 0.717) is 53.3 Å². The highest BCUT2D eigenvalue weighted by Gasteiger charge is 2.26. The van der Waals surface area contributed by atoms with Gasteiger partial charge in [0, 0.05) is 30.1 Å². The molecule has 36 heavy (non-hydrogen) atoms. The number of aromatic nitrogens is 3. The molecule has 0 amide bonds. The molecule has 1 saturated heterocycles. The second kappa shape index (κ2) is 10.8.